The first-order chi connectivity index (χ1) is 15.7. The van der Waals surface area contributed by atoms with Crippen LogP contribution in [0.4, 0.5) is 5.69 Å². The van der Waals surface area contributed by atoms with E-state index in [-0.39, 0.29) is 37.3 Å². The van der Waals surface area contributed by atoms with Gasteiger partial charge in [-0.05, 0) is 46.2 Å². The largest absolute Gasteiger partial charge is 0.466 e. The average Bonchev–Trinajstić information content (AvgIpc) is 2.76. The van der Waals surface area contributed by atoms with Crippen LogP contribution >= 0.6 is 0 Å². The van der Waals surface area contributed by atoms with Crippen molar-refractivity contribution in [3.05, 3.63) is 35.8 Å². The molecule has 1 atom stereocenters. The van der Waals surface area contributed by atoms with E-state index in [0.29, 0.717) is 11.4 Å². The maximum atomic E-state index is 12.7. The molecule has 0 saturated carbocycles. The molecule has 1 heterocycles. The number of aromatic nitrogens is 1. The van der Waals surface area contributed by atoms with E-state index in [1.54, 1.807) is 46.0 Å². The molecule has 0 aliphatic heterocycles. The van der Waals surface area contributed by atoms with Gasteiger partial charge in [0, 0.05) is 18.3 Å². The Morgan fingerprint density at radius 2 is 1.85 bits per heavy atom. The maximum absolute atomic E-state index is 12.7. The van der Waals surface area contributed by atoms with Crippen molar-refractivity contribution < 1.29 is 28.7 Å². The van der Waals surface area contributed by atoms with Gasteiger partial charge in [0.15, 0.2) is 0 Å². The van der Waals surface area contributed by atoms with Crippen molar-refractivity contribution in [3.63, 3.8) is 0 Å². The van der Waals surface area contributed by atoms with Crippen LogP contribution in [0.25, 0.3) is 0 Å². The molecule has 2 amide bonds. The van der Waals surface area contributed by atoms with Crippen molar-refractivity contribution in [1.82, 2.24) is 15.6 Å². The summed E-state index contributed by atoms with van der Waals surface area (Å²) in [6, 6.07) is 2.37. The van der Waals surface area contributed by atoms with Crippen LogP contribution in [0, 0.1) is 0 Å². The molecule has 4 N–H and O–H groups in total. The predicted molar refractivity (Wildman–Crippen MR) is 121 cm³/mol. The first-order valence-electron chi connectivity index (χ1n) is 10.5. The van der Waals surface area contributed by atoms with Gasteiger partial charge in [-0.3, -0.25) is 24.4 Å². The van der Waals surface area contributed by atoms with E-state index in [1.807, 2.05) is 0 Å². The molecule has 0 radical (unpaired) electrons. The fraction of sp³-hybridized carbons (Fsp3) is 0.455. The molecule has 0 bridgehead atoms. The number of rotatable bonds is 12. The number of aliphatic imine (C=N–C) groups is 1. The second-order valence-electron chi connectivity index (χ2n) is 6.86. The predicted octanol–water partition coefficient (Wildman–Crippen LogP) is 0.914. The Hall–Kier alpha value is -3.76. The number of allylic oxidation sites excluding steroid dienone is 1. The zero-order valence-electron chi connectivity index (χ0n) is 19.3. The number of carbonyl (C=O) groups is 4. The highest BCUT2D eigenvalue weighted by Crippen LogP contribution is 2.12. The lowest BCUT2D eigenvalue weighted by Gasteiger charge is -2.17. The highest BCUT2D eigenvalue weighted by molar-refractivity contribution is 6.22. The van der Waals surface area contributed by atoms with Crippen LogP contribution in [-0.4, -0.2) is 60.2 Å². The lowest BCUT2D eigenvalue weighted by atomic mass is 10.1. The molecule has 1 aromatic heterocycles. The van der Waals surface area contributed by atoms with Gasteiger partial charge in [-0.1, -0.05) is 0 Å². The van der Waals surface area contributed by atoms with Gasteiger partial charge in [0.2, 0.25) is 5.91 Å². The molecule has 0 spiro atoms. The topological polar surface area (TPSA) is 162 Å². The Balaban J connectivity index is 2.78. The second-order valence-corrected chi connectivity index (χ2v) is 6.86. The Kier molecular flexibility index (Phi) is 11.8. The van der Waals surface area contributed by atoms with Crippen LogP contribution in [0.5, 0.6) is 0 Å². The van der Waals surface area contributed by atoms with E-state index in [1.165, 1.54) is 6.20 Å². The fourth-order valence-electron chi connectivity index (χ4n) is 2.78. The molecule has 0 saturated heterocycles. The zero-order chi connectivity index (χ0) is 24.8. The van der Waals surface area contributed by atoms with Gasteiger partial charge < -0.3 is 25.8 Å². The summed E-state index contributed by atoms with van der Waals surface area (Å²) >= 11 is 0. The quantitative estimate of drug-likeness (QED) is 0.235. The number of nitrogens with one attached hydrogen (secondary N) is 2. The van der Waals surface area contributed by atoms with E-state index >= 15 is 0 Å². The van der Waals surface area contributed by atoms with E-state index in [4.69, 9.17) is 15.2 Å². The number of nitrogens with zero attached hydrogens (tertiary/aromatic N) is 2. The normalized spacial score (nSPS) is 12.8. The van der Waals surface area contributed by atoms with Gasteiger partial charge >= 0.3 is 11.9 Å². The molecule has 1 unspecified atom stereocenters. The van der Waals surface area contributed by atoms with Crippen molar-refractivity contribution in [3.8, 4) is 0 Å². The first kappa shape index (κ1) is 27.3. The highest BCUT2D eigenvalue weighted by atomic mass is 16.5. The summed E-state index contributed by atoms with van der Waals surface area (Å²) in [6.07, 6.45) is 3.06. The third kappa shape index (κ3) is 9.93. The smallest absolute Gasteiger partial charge is 0.328 e. The molecule has 180 valence electrons. The Morgan fingerprint density at radius 3 is 2.42 bits per heavy atom. The Morgan fingerprint density at radius 1 is 1.15 bits per heavy atom. The number of hydrogen-bond acceptors (Lipinski definition) is 9. The monoisotopic (exact) mass is 461 g/mol. The summed E-state index contributed by atoms with van der Waals surface area (Å²) in [5.74, 6) is -2.42. The van der Waals surface area contributed by atoms with Crippen LogP contribution in [0.15, 0.2) is 40.8 Å². The lowest BCUT2D eigenvalue weighted by molar-refractivity contribution is -0.148. The Labute approximate surface area is 192 Å². The van der Waals surface area contributed by atoms with E-state index in [0.717, 1.165) is 0 Å². The number of nitrogens with two attached hydrogens (primary N) is 1. The minimum atomic E-state index is -1.06. The molecule has 33 heavy (non-hydrogen) atoms. The van der Waals surface area contributed by atoms with Gasteiger partial charge in [-0.2, -0.15) is 0 Å². The summed E-state index contributed by atoms with van der Waals surface area (Å²) < 4.78 is 9.78. The molecular weight excluding hydrogens is 430 g/mol. The minimum Gasteiger partial charge on any atom is -0.466 e. The first-order valence-corrected chi connectivity index (χ1v) is 10.5. The summed E-state index contributed by atoms with van der Waals surface area (Å²) in [4.78, 5) is 57.0. The SMILES string of the molecule is CCOC(=O)CCC(NC(=O)CNC(=O)/C(C(C)=Nc1cccnc1)=C(\C)N)C(=O)OCC. The summed E-state index contributed by atoms with van der Waals surface area (Å²) in [6.45, 7) is 6.35. The van der Waals surface area contributed by atoms with Crippen LogP contribution in [0.3, 0.4) is 0 Å². The van der Waals surface area contributed by atoms with E-state index in [9.17, 15) is 19.2 Å². The second kappa shape index (κ2) is 14.3. The summed E-state index contributed by atoms with van der Waals surface area (Å²) in [5.41, 5.74) is 7.09. The van der Waals surface area contributed by atoms with Gasteiger partial charge in [0.05, 0.1) is 42.9 Å². The standard InChI is InChI=1S/C22H31N5O6/c1-5-32-19(29)10-9-17(22(31)33-6-2)27-18(28)13-25-21(30)20(14(3)23)15(4)26-16-8-7-11-24-12-16/h7-8,11-12,17H,5-6,9-10,13,23H2,1-4H3,(H,25,30)(H,27,28)/b20-14+,26-15?. The molecule has 0 aromatic carbocycles. The summed E-state index contributed by atoms with van der Waals surface area (Å²) in [7, 11) is 0. The summed E-state index contributed by atoms with van der Waals surface area (Å²) in [5, 5.41) is 4.93. The molecule has 11 heteroatoms. The number of pyridine rings is 1. The van der Waals surface area contributed by atoms with Crippen molar-refractivity contribution in [2.45, 2.75) is 46.6 Å². The zero-order valence-corrected chi connectivity index (χ0v) is 19.3. The highest BCUT2D eigenvalue weighted by Gasteiger charge is 2.24. The third-order valence-corrected chi connectivity index (χ3v) is 4.18. The maximum Gasteiger partial charge on any atom is 0.328 e. The third-order valence-electron chi connectivity index (χ3n) is 4.18. The van der Waals surface area contributed by atoms with Crippen LogP contribution in [0.1, 0.15) is 40.5 Å². The van der Waals surface area contributed by atoms with Crippen molar-refractivity contribution >= 4 is 35.2 Å². The Bertz CT molecular complexity index is 894. The van der Waals surface area contributed by atoms with E-state index in [2.05, 4.69) is 20.6 Å². The van der Waals surface area contributed by atoms with Crippen LogP contribution < -0.4 is 16.4 Å². The number of carbonyl (C=O) groups excluding carboxylic acids is 4. The fourth-order valence-corrected chi connectivity index (χ4v) is 2.78. The number of esters is 2. The van der Waals surface area contributed by atoms with Gasteiger partial charge in [0.25, 0.3) is 5.91 Å². The molecule has 1 rings (SSSR count). The van der Waals surface area contributed by atoms with Gasteiger partial charge in [-0.25, -0.2) is 4.79 Å². The van der Waals surface area contributed by atoms with Crippen LogP contribution in [0.2, 0.25) is 0 Å². The number of amides is 2. The molecule has 0 aliphatic carbocycles. The van der Waals surface area contributed by atoms with Crippen molar-refractivity contribution in [1.29, 1.82) is 0 Å². The van der Waals surface area contributed by atoms with Crippen molar-refractivity contribution in [2.24, 2.45) is 10.7 Å². The molecule has 11 nitrogen and oxygen atoms in total. The van der Waals surface area contributed by atoms with Crippen molar-refractivity contribution in [2.75, 3.05) is 19.8 Å². The number of hydrogen-bond donors (Lipinski definition) is 3. The van der Waals surface area contributed by atoms with Crippen LogP contribution in [-0.2, 0) is 28.7 Å². The van der Waals surface area contributed by atoms with E-state index < -0.39 is 36.3 Å². The molecule has 0 aliphatic rings. The molecule has 1 aromatic rings. The molecular formula is C22H31N5O6. The minimum absolute atomic E-state index is 0.00128. The average molecular weight is 462 g/mol. The van der Waals surface area contributed by atoms with Gasteiger partial charge in [0.1, 0.15) is 6.04 Å². The molecule has 0 fully saturated rings. The van der Waals surface area contributed by atoms with Gasteiger partial charge in [-0.15, -0.1) is 0 Å². The number of ether oxygens (including phenoxy) is 2. The lowest BCUT2D eigenvalue weighted by Crippen LogP contribution is -2.47.